The SMILES string of the molecule is O=C(/C=C/c1ccc(O)c(-n2nc3ccccc3n2)c1)c1cc2ccc(Cl)cc2oc1=O. The summed E-state index contributed by atoms with van der Waals surface area (Å²) in [6.45, 7) is 0. The third-order valence-electron chi connectivity index (χ3n) is 4.89. The highest BCUT2D eigenvalue weighted by atomic mass is 35.5. The van der Waals surface area contributed by atoms with Crippen molar-refractivity contribution in [1.29, 1.82) is 0 Å². The summed E-state index contributed by atoms with van der Waals surface area (Å²) in [5.41, 5.74) is 1.83. The highest BCUT2D eigenvalue weighted by Gasteiger charge is 2.13. The number of rotatable bonds is 4. The van der Waals surface area contributed by atoms with E-state index in [4.69, 9.17) is 16.0 Å². The first-order chi connectivity index (χ1) is 15.5. The first-order valence-corrected chi connectivity index (χ1v) is 9.97. The Morgan fingerprint density at radius 2 is 1.75 bits per heavy atom. The standard InChI is InChI=1S/C24H14ClN3O4/c25-16-8-7-15-12-17(24(31)32-23(15)13-16)21(29)9-5-14-6-10-22(30)20(11-14)28-26-18-3-1-2-4-19(18)27-28/h1-13,30H/b9-5+. The van der Waals surface area contributed by atoms with Crippen molar-refractivity contribution < 1.29 is 14.3 Å². The number of carbonyl (C=O) groups excluding carboxylic acids is 1. The van der Waals surface area contributed by atoms with E-state index in [2.05, 4.69) is 10.2 Å². The molecule has 0 aliphatic rings. The molecule has 3 aromatic carbocycles. The quantitative estimate of drug-likeness (QED) is 0.244. The van der Waals surface area contributed by atoms with E-state index in [0.717, 1.165) is 0 Å². The summed E-state index contributed by atoms with van der Waals surface area (Å²) >= 11 is 5.91. The van der Waals surface area contributed by atoms with Gasteiger partial charge in [-0.15, -0.1) is 15.0 Å². The van der Waals surface area contributed by atoms with E-state index in [1.54, 1.807) is 30.3 Å². The Bertz CT molecular complexity index is 1570. The Balaban J connectivity index is 1.47. The summed E-state index contributed by atoms with van der Waals surface area (Å²) in [5, 5.41) is 20.0. The molecular formula is C24H14ClN3O4. The van der Waals surface area contributed by atoms with E-state index < -0.39 is 11.4 Å². The van der Waals surface area contributed by atoms with Crippen LogP contribution in [0.15, 0.2) is 82.0 Å². The minimum atomic E-state index is -0.742. The number of hydrogen-bond donors (Lipinski definition) is 1. The van der Waals surface area contributed by atoms with Crippen LogP contribution in [-0.2, 0) is 0 Å². The van der Waals surface area contributed by atoms with Crippen LogP contribution in [0.3, 0.4) is 0 Å². The van der Waals surface area contributed by atoms with Crippen molar-refractivity contribution in [2.75, 3.05) is 0 Å². The van der Waals surface area contributed by atoms with Crippen molar-refractivity contribution in [2.24, 2.45) is 0 Å². The zero-order valence-corrected chi connectivity index (χ0v) is 17.2. The number of ketones is 1. The van der Waals surface area contributed by atoms with Gasteiger partial charge in [-0.1, -0.05) is 35.9 Å². The summed E-state index contributed by atoms with van der Waals surface area (Å²) in [6.07, 6.45) is 2.82. The third kappa shape index (κ3) is 3.66. The lowest BCUT2D eigenvalue weighted by Gasteiger charge is -2.04. The molecular weight excluding hydrogens is 430 g/mol. The normalized spacial score (nSPS) is 11.5. The summed E-state index contributed by atoms with van der Waals surface area (Å²) in [4.78, 5) is 26.2. The fourth-order valence-electron chi connectivity index (χ4n) is 3.29. The van der Waals surface area contributed by atoms with E-state index in [9.17, 15) is 14.7 Å². The van der Waals surface area contributed by atoms with Gasteiger partial charge in [0.25, 0.3) is 0 Å². The van der Waals surface area contributed by atoms with Gasteiger partial charge in [0.15, 0.2) is 5.78 Å². The first kappa shape index (κ1) is 19.7. The molecule has 0 aliphatic heterocycles. The number of fused-ring (bicyclic) bond motifs is 2. The van der Waals surface area contributed by atoms with E-state index in [-0.39, 0.29) is 11.3 Å². The van der Waals surface area contributed by atoms with Crippen molar-refractivity contribution in [1.82, 2.24) is 15.0 Å². The summed E-state index contributed by atoms with van der Waals surface area (Å²) in [5.74, 6) is -0.518. The molecule has 7 nitrogen and oxygen atoms in total. The summed E-state index contributed by atoms with van der Waals surface area (Å²) in [7, 11) is 0. The van der Waals surface area contributed by atoms with Crippen molar-refractivity contribution in [3.05, 3.63) is 99.4 Å². The molecule has 0 unspecified atom stereocenters. The topological polar surface area (TPSA) is 98.2 Å². The smallest absolute Gasteiger partial charge is 0.347 e. The Morgan fingerprint density at radius 1 is 1.00 bits per heavy atom. The average molecular weight is 444 g/mol. The number of benzene rings is 3. The Kier molecular flexibility index (Phi) is 4.80. The van der Waals surface area contributed by atoms with Gasteiger partial charge >= 0.3 is 5.63 Å². The molecule has 32 heavy (non-hydrogen) atoms. The zero-order valence-electron chi connectivity index (χ0n) is 16.4. The molecule has 8 heteroatoms. The molecule has 5 rings (SSSR count). The molecule has 0 saturated carbocycles. The molecule has 0 bridgehead atoms. The number of carbonyl (C=O) groups is 1. The van der Waals surface area contributed by atoms with Crippen molar-refractivity contribution in [3.8, 4) is 11.4 Å². The maximum Gasteiger partial charge on any atom is 0.347 e. The fourth-order valence-corrected chi connectivity index (χ4v) is 3.45. The van der Waals surface area contributed by atoms with Crippen LogP contribution in [0.1, 0.15) is 15.9 Å². The fraction of sp³-hybridized carbons (Fsp3) is 0. The molecule has 0 spiro atoms. The van der Waals surface area contributed by atoms with Crippen molar-refractivity contribution in [3.63, 3.8) is 0 Å². The zero-order chi connectivity index (χ0) is 22.2. The molecule has 2 aromatic heterocycles. The van der Waals surface area contributed by atoms with Gasteiger partial charge in [0.2, 0.25) is 0 Å². The number of aromatic nitrogens is 3. The first-order valence-electron chi connectivity index (χ1n) is 9.59. The molecule has 0 aliphatic carbocycles. The van der Waals surface area contributed by atoms with Crippen molar-refractivity contribution >= 4 is 45.5 Å². The number of phenolic OH excluding ortho intramolecular Hbond substituents is 1. The third-order valence-corrected chi connectivity index (χ3v) is 5.13. The lowest BCUT2D eigenvalue weighted by molar-refractivity contribution is 0.104. The van der Waals surface area contributed by atoms with Crippen LogP contribution < -0.4 is 5.63 Å². The number of allylic oxidation sites excluding steroid dienone is 1. The Morgan fingerprint density at radius 3 is 2.50 bits per heavy atom. The predicted octanol–water partition coefficient (Wildman–Crippen LogP) is 4.78. The lowest BCUT2D eigenvalue weighted by Crippen LogP contribution is -2.11. The van der Waals surface area contributed by atoms with E-state index in [1.807, 2.05) is 24.3 Å². The van der Waals surface area contributed by atoms with Gasteiger partial charge in [-0.3, -0.25) is 4.79 Å². The van der Waals surface area contributed by atoms with E-state index >= 15 is 0 Å². The molecule has 2 heterocycles. The van der Waals surface area contributed by atoms with Gasteiger partial charge in [-0.2, -0.15) is 0 Å². The van der Waals surface area contributed by atoms with Crippen LogP contribution in [0.4, 0.5) is 0 Å². The van der Waals surface area contributed by atoms with E-state index in [1.165, 1.54) is 29.1 Å². The van der Waals surface area contributed by atoms with Gasteiger partial charge in [0.05, 0.1) is 0 Å². The average Bonchev–Trinajstić information content (AvgIpc) is 3.22. The van der Waals surface area contributed by atoms with Gasteiger partial charge < -0.3 is 9.52 Å². The second-order valence-electron chi connectivity index (χ2n) is 7.05. The Hall–Kier alpha value is -4.23. The van der Waals surface area contributed by atoms with Gasteiger partial charge in [0, 0.05) is 16.5 Å². The summed E-state index contributed by atoms with van der Waals surface area (Å²) < 4.78 is 5.22. The number of halogens is 1. The maximum absolute atomic E-state index is 12.6. The minimum absolute atomic E-state index is 0.0115. The molecule has 156 valence electrons. The van der Waals surface area contributed by atoms with Crippen LogP contribution >= 0.6 is 11.6 Å². The monoisotopic (exact) mass is 443 g/mol. The molecule has 0 radical (unpaired) electrons. The molecule has 0 fully saturated rings. The van der Waals surface area contributed by atoms with Crippen LogP contribution in [0.2, 0.25) is 5.02 Å². The molecule has 0 saturated heterocycles. The molecule has 5 aromatic rings. The number of phenols is 1. The minimum Gasteiger partial charge on any atom is -0.506 e. The number of hydrogen-bond acceptors (Lipinski definition) is 6. The summed E-state index contributed by atoms with van der Waals surface area (Å²) in [6, 6.07) is 18.4. The molecule has 1 N–H and O–H groups in total. The van der Waals surface area contributed by atoms with Crippen LogP contribution in [0, 0.1) is 0 Å². The second kappa shape index (κ2) is 7.79. The van der Waals surface area contributed by atoms with E-state index in [0.29, 0.717) is 38.3 Å². The maximum atomic E-state index is 12.6. The highest BCUT2D eigenvalue weighted by Crippen LogP contribution is 2.24. The van der Waals surface area contributed by atoms with Crippen LogP contribution in [0.5, 0.6) is 5.75 Å². The largest absolute Gasteiger partial charge is 0.506 e. The van der Waals surface area contributed by atoms with Crippen LogP contribution in [-0.4, -0.2) is 25.9 Å². The molecule has 0 amide bonds. The van der Waals surface area contributed by atoms with Gasteiger partial charge in [0.1, 0.15) is 33.6 Å². The lowest BCUT2D eigenvalue weighted by atomic mass is 10.1. The number of aromatic hydroxyl groups is 1. The van der Waals surface area contributed by atoms with Gasteiger partial charge in [-0.25, -0.2) is 4.79 Å². The predicted molar refractivity (Wildman–Crippen MR) is 121 cm³/mol. The van der Waals surface area contributed by atoms with Crippen molar-refractivity contribution in [2.45, 2.75) is 0 Å². The van der Waals surface area contributed by atoms with Crippen LogP contribution in [0.25, 0.3) is 33.8 Å². The Labute approximate surface area is 185 Å². The second-order valence-corrected chi connectivity index (χ2v) is 7.49. The van der Waals surface area contributed by atoms with Gasteiger partial charge in [-0.05, 0) is 54.1 Å². The molecule has 0 atom stereocenters. The number of nitrogens with zero attached hydrogens (tertiary/aromatic N) is 3. The highest BCUT2D eigenvalue weighted by molar-refractivity contribution is 6.31.